The van der Waals surface area contributed by atoms with Crippen molar-refractivity contribution in [1.29, 1.82) is 0 Å². The summed E-state index contributed by atoms with van der Waals surface area (Å²) in [4.78, 5) is 3.95. The van der Waals surface area contributed by atoms with Crippen molar-refractivity contribution in [3.8, 4) is 11.8 Å². The molecule has 1 N–H and O–H groups in total. The van der Waals surface area contributed by atoms with Gasteiger partial charge < -0.3 is 9.63 Å². The Balaban J connectivity index is 2.97. The summed E-state index contributed by atoms with van der Waals surface area (Å²) in [5.41, 5.74) is -1.52. The normalized spacial score (nSPS) is 15.3. The molecule has 82 valence electrons. The Morgan fingerprint density at radius 2 is 1.80 bits per heavy atom. The van der Waals surface area contributed by atoms with E-state index < -0.39 is 5.60 Å². The van der Waals surface area contributed by atoms with Gasteiger partial charge in [0.05, 0.1) is 0 Å². The quantitative estimate of drug-likeness (QED) is 0.713. The van der Waals surface area contributed by atoms with E-state index in [0.717, 1.165) is 0 Å². The van der Waals surface area contributed by atoms with Crippen LogP contribution < -0.4 is 0 Å². The first-order valence-electron chi connectivity index (χ1n) is 4.78. The summed E-state index contributed by atoms with van der Waals surface area (Å²) in [5, 5.41) is 13.7. The van der Waals surface area contributed by atoms with Crippen molar-refractivity contribution in [3.05, 3.63) is 11.7 Å². The van der Waals surface area contributed by atoms with Crippen molar-refractivity contribution in [3.63, 3.8) is 0 Å². The second kappa shape index (κ2) is 3.67. The van der Waals surface area contributed by atoms with Crippen molar-refractivity contribution in [2.75, 3.05) is 0 Å². The molecule has 1 atom stereocenters. The maximum absolute atomic E-state index is 10.0. The molecule has 0 aromatic carbocycles. The topological polar surface area (TPSA) is 59.2 Å². The van der Waals surface area contributed by atoms with Gasteiger partial charge >= 0.3 is 0 Å². The van der Waals surface area contributed by atoms with E-state index >= 15 is 0 Å². The van der Waals surface area contributed by atoms with Crippen molar-refractivity contribution in [2.45, 2.75) is 40.2 Å². The smallest absolute Gasteiger partial charge is 0.223 e. The third kappa shape index (κ3) is 3.37. The predicted molar refractivity (Wildman–Crippen MR) is 55.8 cm³/mol. The van der Waals surface area contributed by atoms with E-state index in [9.17, 15) is 5.11 Å². The summed E-state index contributed by atoms with van der Waals surface area (Å²) < 4.78 is 4.79. The zero-order chi connectivity index (χ0) is 11.7. The Kier molecular flexibility index (Phi) is 2.87. The molecule has 0 saturated heterocycles. The minimum absolute atomic E-state index is 0.164. The van der Waals surface area contributed by atoms with E-state index in [1.807, 2.05) is 20.8 Å². The van der Waals surface area contributed by atoms with Crippen LogP contribution in [0.1, 0.15) is 39.4 Å². The first-order valence-corrected chi connectivity index (χ1v) is 4.78. The number of aliphatic hydroxyl groups is 1. The lowest BCUT2D eigenvalue weighted by atomic mass is 9.95. The minimum Gasteiger partial charge on any atom is -0.371 e. The van der Waals surface area contributed by atoms with E-state index in [0.29, 0.717) is 5.89 Å². The number of hydrogen-bond donors (Lipinski definition) is 1. The molecule has 0 radical (unpaired) electrons. The van der Waals surface area contributed by atoms with Crippen molar-refractivity contribution < 1.29 is 9.63 Å². The van der Waals surface area contributed by atoms with Gasteiger partial charge in [0.15, 0.2) is 5.60 Å². The van der Waals surface area contributed by atoms with E-state index in [1.54, 1.807) is 13.8 Å². The second-order valence-electron chi connectivity index (χ2n) is 4.71. The van der Waals surface area contributed by atoms with Gasteiger partial charge in [-0.15, -0.1) is 0 Å². The molecule has 4 nitrogen and oxygen atoms in total. The zero-order valence-electron chi connectivity index (χ0n) is 9.75. The van der Waals surface area contributed by atoms with Crippen molar-refractivity contribution in [2.24, 2.45) is 5.41 Å². The maximum Gasteiger partial charge on any atom is 0.223 e. The molecular weight excluding hydrogens is 192 g/mol. The highest BCUT2D eigenvalue weighted by Crippen LogP contribution is 2.18. The molecular formula is C11H16N2O2. The Bertz CT molecular complexity index is 402. The Labute approximate surface area is 89.7 Å². The van der Waals surface area contributed by atoms with Crippen LogP contribution >= 0.6 is 0 Å². The molecule has 0 spiro atoms. The average Bonchev–Trinajstić information content (AvgIpc) is 2.48. The molecule has 0 aliphatic carbocycles. The Morgan fingerprint density at radius 3 is 2.20 bits per heavy atom. The summed E-state index contributed by atoms with van der Waals surface area (Å²) in [5.74, 6) is 6.32. The Hall–Kier alpha value is -1.34. The van der Waals surface area contributed by atoms with Crippen molar-refractivity contribution in [1.82, 2.24) is 10.1 Å². The molecule has 0 fully saturated rings. The molecule has 1 unspecified atom stereocenters. The maximum atomic E-state index is 10.0. The van der Waals surface area contributed by atoms with Gasteiger partial charge in [-0.05, 0) is 27.7 Å². The second-order valence-corrected chi connectivity index (χ2v) is 4.71. The lowest BCUT2D eigenvalue weighted by molar-refractivity contribution is 0.108. The number of aromatic nitrogens is 2. The highest BCUT2D eigenvalue weighted by atomic mass is 16.5. The number of nitrogens with zero attached hydrogens (tertiary/aromatic N) is 2. The van der Waals surface area contributed by atoms with Crippen LogP contribution in [-0.2, 0) is 5.60 Å². The van der Waals surface area contributed by atoms with Crippen LogP contribution in [0.25, 0.3) is 0 Å². The van der Waals surface area contributed by atoms with Gasteiger partial charge in [-0.1, -0.05) is 17.0 Å². The predicted octanol–water partition coefficient (Wildman–Crippen LogP) is 1.64. The fourth-order valence-electron chi connectivity index (χ4n) is 0.862. The lowest BCUT2D eigenvalue weighted by Gasteiger charge is -2.13. The minimum atomic E-state index is -1.36. The van der Waals surface area contributed by atoms with Crippen LogP contribution in [-0.4, -0.2) is 15.2 Å². The van der Waals surface area contributed by atoms with Crippen LogP contribution in [0.15, 0.2) is 4.52 Å². The molecule has 1 heterocycles. The van der Waals surface area contributed by atoms with Crippen LogP contribution in [0.4, 0.5) is 0 Å². The summed E-state index contributed by atoms with van der Waals surface area (Å²) in [6, 6.07) is 0. The van der Waals surface area contributed by atoms with Gasteiger partial charge in [0.2, 0.25) is 11.7 Å². The third-order valence-electron chi connectivity index (χ3n) is 1.64. The third-order valence-corrected chi connectivity index (χ3v) is 1.64. The Morgan fingerprint density at radius 1 is 1.20 bits per heavy atom. The molecule has 1 aromatic rings. The monoisotopic (exact) mass is 208 g/mol. The summed E-state index contributed by atoms with van der Waals surface area (Å²) in [7, 11) is 0. The van der Waals surface area contributed by atoms with Crippen molar-refractivity contribution >= 4 is 0 Å². The van der Waals surface area contributed by atoms with Gasteiger partial charge in [-0.25, -0.2) is 0 Å². The van der Waals surface area contributed by atoms with Crippen LogP contribution in [0.5, 0.6) is 0 Å². The first kappa shape index (κ1) is 11.7. The number of hydrogen-bond acceptors (Lipinski definition) is 4. The fraction of sp³-hybridized carbons (Fsp3) is 0.636. The number of rotatable bonds is 1. The molecule has 0 amide bonds. The average molecular weight is 208 g/mol. The molecule has 4 heteroatoms. The molecule has 0 saturated carbocycles. The molecule has 0 aliphatic rings. The lowest BCUT2D eigenvalue weighted by Crippen LogP contribution is -2.21. The summed E-state index contributed by atoms with van der Waals surface area (Å²) in [6.07, 6.45) is 0. The van der Waals surface area contributed by atoms with Gasteiger partial charge in [-0.2, -0.15) is 4.98 Å². The highest BCUT2D eigenvalue weighted by molar-refractivity contribution is 5.21. The molecule has 1 aromatic heterocycles. The molecule has 0 aliphatic heterocycles. The SMILES string of the molecule is Cc1nc(C(C)(O)C#CC(C)(C)C)no1. The summed E-state index contributed by atoms with van der Waals surface area (Å²) in [6.45, 7) is 9.13. The zero-order valence-corrected chi connectivity index (χ0v) is 9.75. The summed E-state index contributed by atoms with van der Waals surface area (Å²) >= 11 is 0. The standard InChI is InChI=1S/C11H16N2O2/c1-8-12-9(13-15-8)11(5,14)7-6-10(2,3)4/h14H,1-5H3. The molecule has 0 bridgehead atoms. The van der Waals surface area contributed by atoms with E-state index in [-0.39, 0.29) is 11.2 Å². The van der Waals surface area contributed by atoms with E-state index in [2.05, 4.69) is 22.0 Å². The van der Waals surface area contributed by atoms with Crippen LogP contribution in [0.3, 0.4) is 0 Å². The van der Waals surface area contributed by atoms with Gasteiger partial charge in [-0.3, -0.25) is 0 Å². The largest absolute Gasteiger partial charge is 0.371 e. The van der Waals surface area contributed by atoms with Gasteiger partial charge in [0.25, 0.3) is 0 Å². The highest BCUT2D eigenvalue weighted by Gasteiger charge is 2.26. The molecule has 1 rings (SSSR count). The number of aryl methyl sites for hydroxylation is 1. The first-order chi connectivity index (χ1) is 6.71. The van der Waals surface area contributed by atoms with Crippen LogP contribution in [0, 0.1) is 24.2 Å². The van der Waals surface area contributed by atoms with E-state index in [4.69, 9.17) is 4.52 Å². The van der Waals surface area contributed by atoms with Crippen LogP contribution in [0.2, 0.25) is 0 Å². The fourth-order valence-corrected chi connectivity index (χ4v) is 0.862. The molecule has 15 heavy (non-hydrogen) atoms. The van der Waals surface area contributed by atoms with E-state index in [1.165, 1.54) is 0 Å². The van der Waals surface area contributed by atoms with Gasteiger partial charge in [0, 0.05) is 12.3 Å². The van der Waals surface area contributed by atoms with Gasteiger partial charge in [0.1, 0.15) is 0 Å².